The predicted molar refractivity (Wildman–Crippen MR) is 142 cm³/mol. The largest absolute Gasteiger partial charge is 0.416 e. The number of pyridine rings is 1. The number of nitrogens with two attached hydrogens (primary N) is 1. The molecule has 3 N–H and O–H groups in total. The molecule has 1 atom stereocenters. The highest BCUT2D eigenvalue weighted by Crippen LogP contribution is 2.34. The van der Waals surface area contributed by atoms with Gasteiger partial charge >= 0.3 is 6.18 Å². The number of likely N-dealkylation sites (tertiary alicyclic amines) is 1. The topological polar surface area (TPSA) is 132 Å². The molecule has 2 amide bonds. The number of aromatic nitrogens is 5. The standard InChI is InChI=1S/C27H27F3N8O2/c1-15(2)26(40)37-11-3-4-17(13-37)21-22-23(24(31)34-14-33-22)38(36-21)19-7-5-16(6-8-19)25(39)35-20-12-18(9-10-32-20)27(28,29)30/h5-10,12,14-15,17H,3-4,11,13H2,1-2H3,(H2,31,33,34)(H,32,35,39). The van der Waals surface area contributed by atoms with Crippen molar-refractivity contribution in [1.29, 1.82) is 0 Å². The highest BCUT2D eigenvalue weighted by molar-refractivity contribution is 6.04. The zero-order valence-electron chi connectivity index (χ0n) is 21.8. The lowest BCUT2D eigenvalue weighted by Gasteiger charge is -2.33. The van der Waals surface area contributed by atoms with Crippen molar-refractivity contribution < 1.29 is 22.8 Å². The second-order valence-electron chi connectivity index (χ2n) is 9.96. The van der Waals surface area contributed by atoms with E-state index in [1.165, 1.54) is 18.5 Å². The summed E-state index contributed by atoms with van der Waals surface area (Å²) in [5.74, 6) is -0.659. The van der Waals surface area contributed by atoms with Crippen LogP contribution in [0.25, 0.3) is 16.7 Å². The van der Waals surface area contributed by atoms with E-state index in [2.05, 4.69) is 20.3 Å². The molecule has 1 fully saturated rings. The van der Waals surface area contributed by atoms with Crippen LogP contribution in [0.3, 0.4) is 0 Å². The van der Waals surface area contributed by atoms with Crippen LogP contribution in [0, 0.1) is 5.92 Å². The summed E-state index contributed by atoms with van der Waals surface area (Å²) in [5, 5.41) is 7.23. The molecule has 13 heteroatoms. The van der Waals surface area contributed by atoms with Crippen molar-refractivity contribution in [2.75, 3.05) is 24.1 Å². The van der Waals surface area contributed by atoms with Gasteiger partial charge in [-0.25, -0.2) is 19.6 Å². The average molecular weight is 553 g/mol. The molecule has 10 nitrogen and oxygen atoms in total. The van der Waals surface area contributed by atoms with Gasteiger partial charge in [-0.1, -0.05) is 13.8 Å². The first-order valence-corrected chi connectivity index (χ1v) is 12.8. The summed E-state index contributed by atoms with van der Waals surface area (Å²) in [6.07, 6.45) is -0.523. The Labute approximate surface area is 227 Å². The van der Waals surface area contributed by atoms with Crippen molar-refractivity contribution in [2.45, 2.75) is 38.8 Å². The van der Waals surface area contributed by atoms with Crippen LogP contribution in [0.15, 0.2) is 48.9 Å². The van der Waals surface area contributed by atoms with Gasteiger partial charge in [0.2, 0.25) is 5.91 Å². The molecule has 40 heavy (non-hydrogen) atoms. The van der Waals surface area contributed by atoms with E-state index in [4.69, 9.17) is 10.8 Å². The molecule has 1 aliphatic heterocycles. The average Bonchev–Trinajstić information content (AvgIpc) is 3.33. The van der Waals surface area contributed by atoms with E-state index in [0.29, 0.717) is 35.5 Å². The molecule has 5 rings (SSSR count). The lowest BCUT2D eigenvalue weighted by atomic mass is 9.93. The number of benzene rings is 1. The molecule has 0 radical (unpaired) electrons. The third kappa shape index (κ3) is 5.31. The fourth-order valence-electron chi connectivity index (χ4n) is 4.84. The van der Waals surface area contributed by atoms with Crippen LogP contribution in [-0.2, 0) is 11.0 Å². The third-order valence-corrected chi connectivity index (χ3v) is 6.83. The van der Waals surface area contributed by atoms with Crippen LogP contribution in [0.1, 0.15) is 54.2 Å². The second kappa shape index (κ2) is 10.5. The number of anilines is 2. The van der Waals surface area contributed by atoms with E-state index in [0.717, 1.165) is 31.2 Å². The van der Waals surface area contributed by atoms with Crippen LogP contribution >= 0.6 is 0 Å². The summed E-state index contributed by atoms with van der Waals surface area (Å²) in [5.41, 5.74) is 7.92. The molecular weight excluding hydrogens is 525 g/mol. The molecule has 3 aromatic heterocycles. The van der Waals surface area contributed by atoms with E-state index in [9.17, 15) is 22.8 Å². The number of alkyl halides is 3. The number of halogens is 3. The number of fused-ring (bicyclic) bond motifs is 1. The Kier molecular flexibility index (Phi) is 7.13. The molecule has 1 unspecified atom stereocenters. The minimum atomic E-state index is -4.55. The number of nitrogens with one attached hydrogen (secondary N) is 1. The monoisotopic (exact) mass is 552 g/mol. The third-order valence-electron chi connectivity index (χ3n) is 6.83. The van der Waals surface area contributed by atoms with Gasteiger partial charge in [0.15, 0.2) is 5.82 Å². The number of piperidine rings is 1. The molecule has 0 bridgehead atoms. The van der Waals surface area contributed by atoms with E-state index in [1.807, 2.05) is 18.7 Å². The van der Waals surface area contributed by atoms with Gasteiger partial charge in [0.25, 0.3) is 5.91 Å². The highest BCUT2D eigenvalue weighted by atomic mass is 19.4. The van der Waals surface area contributed by atoms with E-state index in [1.54, 1.807) is 16.8 Å². The maximum absolute atomic E-state index is 13.0. The second-order valence-corrected chi connectivity index (χ2v) is 9.96. The number of hydrogen-bond acceptors (Lipinski definition) is 7. The molecule has 0 spiro atoms. The normalized spacial score (nSPS) is 15.9. The van der Waals surface area contributed by atoms with Crippen LogP contribution in [0.5, 0.6) is 0 Å². The van der Waals surface area contributed by atoms with Gasteiger partial charge in [0.1, 0.15) is 23.2 Å². The predicted octanol–water partition coefficient (Wildman–Crippen LogP) is 4.43. The van der Waals surface area contributed by atoms with Gasteiger partial charge in [0.05, 0.1) is 16.9 Å². The minimum absolute atomic E-state index is 0.0421. The van der Waals surface area contributed by atoms with Gasteiger partial charge < -0.3 is 16.0 Å². The fraction of sp³-hybridized carbons (Fsp3) is 0.333. The van der Waals surface area contributed by atoms with Crippen molar-refractivity contribution in [3.05, 3.63) is 65.7 Å². The number of carbonyl (C=O) groups is 2. The van der Waals surface area contributed by atoms with Crippen LogP contribution < -0.4 is 11.1 Å². The van der Waals surface area contributed by atoms with E-state index < -0.39 is 17.6 Å². The van der Waals surface area contributed by atoms with Gasteiger partial charge in [0, 0.05) is 36.7 Å². The Morgan fingerprint density at radius 3 is 2.55 bits per heavy atom. The summed E-state index contributed by atoms with van der Waals surface area (Å²) >= 11 is 0. The Morgan fingerprint density at radius 2 is 1.85 bits per heavy atom. The van der Waals surface area contributed by atoms with Crippen molar-refractivity contribution in [3.63, 3.8) is 0 Å². The number of hydrogen-bond donors (Lipinski definition) is 2. The number of nitrogens with zero attached hydrogens (tertiary/aromatic N) is 6. The SMILES string of the molecule is CC(C)C(=O)N1CCCC(c2nn(-c3ccc(C(=O)Nc4cc(C(F)(F)F)ccn4)cc3)c3c(N)ncnc23)C1. The van der Waals surface area contributed by atoms with Gasteiger partial charge in [-0.15, -0.1) is 0 Å². The molecule has 4 heterocycles. The van der Waals surface area contributed by atoms with Gasteiger partial charge in [-0.2, -0.15) is 18.3 Å². The molecule has 0 aliphatic carbocycles. The van der Waals surface area contributed by atoms with Crippen LogP contribution in [0.2, 0.25) is 0 Å². The Hall–Kier alpha value is -4.55. The molecule has 208 valence electrons. The number of nitrogen functional groups attached to an aromatic ring is 1. The van der Waals surface area contributed by atoms with Gasteiger partial charge in [-0.3, -0.25) is 9.59 Å². The van der Waals surface area contributed by atoms with Crippen molar-refractivity contribution in [3.8, 4) is 5.69 Å². The van der Waals surface area contributed by atoms with Crippen molar-refractivity contribution in [2.24, 2.45) is 5.92 Å². The summed E-state index contributed by atoms with van der Waals surface area (Å²) in [6.45, 7) is 4.98. The zero-order valence-corrected chi connectivity index (χ0v) is 21.8. The lowest BCUT2D eigenvalue weighted by Crippen LogP contribution is -2.41. The molecule has 1 saturated heterocycles. The summed E-state index contributed by atoms with van der Waals surface area (Å²) in [6, 6.07) is 7.94. The lowest BCUT2D eigenvalue weighted by molar-refractivity contribution is -0.137. The number of rotatable bonds is 5. The van der Waals surface area contributed by atoms with Crippen LogP contribution in [-0.4, -0.2) is 54.5 Å². The fourth-order valence-corrected chi connectivity index (χ4v) is 4.84. The Balaban J connectivity index is 1.42. The summed E-state index contributed by atoms with van der Waals surface area (Å²) in [4.78, 5) is 39.6. The van der Waals surface area contributed by atoms with Gasteiger partial charge in [-0.05, 0) is 49.2 Å². The van der Waals surface area contributed by atoms with Crippen molar-refractivity contribution >= 4 is 34.5 Å². The molecule has 1 aromatic carbocycles. The Morgan fingerprint density at radius 1 is 1.10 bits per heavy atom. The van der Waals surface area contributed by atoms with Crippen molar-refractivity contribution in [1.82, 2.24) is 29.6 Å². The van der Waals surface area contributed by atoms with E-state index >= 15 is 0 Å². The molecular formula is C27H27F3N8O2. The summed E-state index contributed by atoms with van der Waals surface area (Å²) in [7, 11) is 0. The smallest absolute Gasteiger partial charge is 0.382 e. The quantitative estimate of drug-likeness (QED) is 0.375. The molecule has 1 aliphatic rings. The number of carbonyl (C=O) groups excluding carboxylic acids is 2. The molecule has 0 saturated carbocycles. The minimum Gasteiger partial charge on any atom is -0.382 e. The Bertz CT molecular complexity index is 1570. The summed E-state index contributed by atoms with van der Waals surface area (Å²) < 4.78 is 40.6. The van der Waals surface area contributed by atoms with Crippen LogP contribution in [0.4, 0.5) is 24.8 Å². The zero-order chi connectivity index (χ0) is 28.6. The first-order valence-electron chi connectivity index (χ1n) is 12.8. The van der Waals surface area contributed by atoms with E-state index in [-0.39, 0.29) is 34.9 Å². The first kappa shape index (κ1) is 27.0. The molecule has 4 aromatic rings. The first-order chi connectivity index (χ1) is 19.0. The maximum atomic E-state index is 13.0. The maximum Gasteiger partial charge on any atom is 0.416 e. The number of amides is 2. The highest BCUT2D eigenvalue weighted by Gasteiger charge is 2.32.